The number of anilines is 1. The van der Waals surface area contributed by atoms with Crippen molar-refractivity contribution >= 4 is 17.5 Å². The van der Waals surface area contributed by atoms with E-state index in [9.17, 15) is 31.5 Å². The lowest BCUT2D eigenvalue weighted by atomic mass is 10.1. The lowest BCUT2D eigenvalue weighted by Crippen LogP contribution is -2.19. The number of aromatic nitrogens is 2. The number of hydrogen-bond donors (Lipinski definition) is 3. The van der Waals surface area contributed by atoms with Gasteiger partial charge in [0.15, 0.2) is 5.82 Å². The van der Waals surface area contributed by atoms with Gasteiger partial charge in [-0.1, -0.05) is 0 Å². The smallest absolute Gasteiger partial charge is 0.419 e. The Hall–Kier alpha value is -4.81. The molecule has 0 atom stereocenters. The van der Waals surface area contributed by atoms with Crippen LogP contribution in [0, 0.1) is 17.5 Å². The summed E-state index contributed by atoms with van der Waals surface area (Å²) in [6.07, 6.45) is -3.81. The molecule has 190 valence electrons. The first-order valence-corrected chi connectivity index (χ1v) is 10.2. The SMILES string of the molecule is NC(=O)c1cc(NC(=O)c2c(Oc3ccc(F)cc3-c3ccn[nH]3)ccc(C(F)(F)F)c2F)ccc1F. The zero-order chi connectivity index (χ0) is 26.9. The third kappa shape index (κ3) is 5.24. The maximum absolute atomic E-state index is 15.1. The van der Waals surface area contributed by atoms with Crippen molar-refractivity contribution in [2.24, 2.45) is 5.73 Å². The first-order chi connectivity index (χ1) is 17.5. The summed E-state index contributed by atoms with van der Waals surface area (Å²) in [5.74, 6) is -7.02. The number of nitrogens with zero attached hydrogens (tertiary/aromatic N) is 1. The minimum absolute atomic E-state index is 0.0776. The third-order valence-electron chi connectivity index (χ3n) is 5.08. The molecular weight excluding hydrogens is 506 g/mol. The number of ether oxygens (including phenoxy) is 1. The van der Waals surface area contributed by atoms with Crippen LogP contribution in [0.25, 0.3) is 11.3 Å². The molecule has 0 saturated carbocycles. The Labute approximate surface area is 203 Å². The van der Waals surface area contributed by atoms with Crippen LogP contribution in [0.1, 0.15) is 26.3 Å². The van der Waals surface area contributed by atoms with Crippen molar-refractivity contribution in [3.8, 4) is 22.8 Å². The van der Waals surface area contributed by atoms with E-state index in [-0.39, 0.29) is 22.7 Å². The van der Waals surface area contributed by atoms with Crippen LogP contribution < -0.4 is 15.8 Å². The standard InChI is InChI=1S/C24H14F6N4O3/c25-11-1-5-18(14(9-11)17-7-8-32-34-17)37-19-6-3-15(24(28,29)30)21(27)20(19)23(36)33-12-2-4-16(26)13(10-12)22(31)35/h1-10H,(H2,31,35)(H,32,34)(H,33,36). The molecule has 4 rings (SSSR count). The zero-order valence-corrected chi connectivity index (χ0v) is 18.3. The highest BCUT2D eigenvalue weighted by Crippen LogP contribution is 2.39. The first kappa shape index (κ1) is 25.3. The van der Waals surface area contributed by atoms with Gasteiger partial charge in [-0.2, -0.15) is 18.3 Å². The summed E-state index contributed by atoms with van der Waals surface area (Å²) < 4.78 is 88.6. The molecule has 7 nitrogen and oxygen atoms in total. The second-order valence-electron chi connectivity index (χ2n) is 7.52. The van der Waals surface area contributed by atoms with E-state index in [2.05, 4.69) is 15.5 Å². The number of nitrogens with two attached hydrogens (primary N) is 1. The predicted molar refractivity (Wildman–Crippen MR) is 118 cm³/mol. The summed E-state index contributed by atoms with van der Waals surface area (Å²) >= 11 is 0. The van der Waals surface area contributed by atoms with E-state index in [0.29, 0.717) is 6.07 Å². The molecule has 0 bridgehead atoms. The van der Waals surface area contributed by atoms with Gasteiger partial charge in [0, 0.05) is 17.4 Å². The van der Waals surface area contributed by atoms with Crippen LogP contribution in [0.15, 0.2) is 60.8 Å². The molecule has 0 spiro atoms. The van der Waals surface area contributed by atoms with Gasteiger partial charge in [0.1, 0.15) is 28.7 Å². The molecule has 37 heavy (non-hydrogen) atoms. The third-order valence-corrected chi connectivity index (χ3v) is 5.08. The normalized spacial score (nSPS) is 11.3. The fourth-order valence-electron chi connectivity index (χ4n) is 3.39. The summed E-state index contributed by atoms with van der Waals surface area (Å²) in [5, 5.41) is 8.41. The largest absolute Gasteiger partial charge is 0.456 e. The first-order valence-electron chi connectivity index (χ1n) is 10.2. The highest BCUT2D eigenvalue weighted by atomic mass is 19.4. The molecule has 4 aromatic rings. The molecule has 13 heteroatoms. The molecule has 1 heterocycles. The van der Waals surface area contributed by atoms with Crippen LogP contribution in [0.4, 0.5) is 32.0 Å². The zero-order valence-electron chi connectivity index (χ0n) is 18.3. The average Bonchev–Trinajstić information content (AvgIpc) is 3.35. The van der Waals surface area contributed by atoms with Gasteiger partial charge < -0.3 is 15.8 Å². The molecule has 1 aromatic heterocycles. The van der Waals surface area contributed by atoms with Crippen molar-refractivity contribution in [3.63, 3.8) is 0 Å². The van der Waals surface area contributed by atoms with Gasteiger partial charge in [-0.25, -0.2) is 13.2 Å². The molecule has 0 unspecified atom stereocenters. The van der Waals surface area contributed by atoms with Crippen LogP contribution in [-0.2, 0) is 6.18 Å². The van der Waals surface area contributed by atoms with Crippen molar-refractivity contribution < 1.29 is 40.7 Å². The van der Waals surface area contributed by atoms with Crippen molar-refractivity contribution in [2.75, 3.05) is 5.32 Å². The van der Waals surface area contributed by atoms with E-state index < -0.39 is 57.9 Å². The van der Waals surface area contributed by atoms with Crippen molar-refractivity contribution in [3.05, 3.63) is 94.9 Å². The molecule has 0 aliphatic rings. The summed E-state index contributed by atoms with van der Waals surface area (Å²) in [6, 6.07) is 8.30. The van der Waals surface area contributed by atoms with Crippen LogP contribution in [-0.4, -0.2) is 22.0 Å². The summed E-state index contributed by atoms with van der Waals surface area (Å²) in [4.78, 5) is 24.4. The number of primary amides is 1. The second-order valence-corrected chi connectivity index (χ2v) is 7.52. The molecule has 0 fully saturated rings. The minimum Gasteiger partial charge on any atom is -0.456 e. The summed E-state index contributed by atoms with van der Waals surface area (Å²) in [6.45, 7) is 0. The predicted octanol–water partition coefficient (Wildman–Crippen LogP) is 5.66. The number of benzene rings is 3. The number of carbonyl (C=O) groups excluding carboxylic acids is 2. The monoisotopic (exact) mass is 520 g/mol. The van der Waals surface area contributed by atoms with Crippen molar-refractivity contribution in [2.45, 2.75) is 6.18 Å². The summed E-state index contributed by atoms with van der Waals surface area (Å²) in [5.41, 5.74) is 1.62. The van der Waals surface area contributed by atoms with Crippen molar-refractivity contribution in [1.82, 2.24) is 10.2 Å². The van der Waals surface area contributed by atoms with E-state index in [0.717, 1.165) is 42.5 Å². The van der Waals surface area contributed by atoms with Gasteiger partial charge in [0.2, 0.25) is 0 Å². The van der Waals surface area contributed by atoms with Crippen molar-refractivity contribution in [1.29, 1.82) is 0 Å². The molecule has 0 radical (unpaired) electrons. The van der Waals surface area contributed by atoms with Gasteiger partial charge in [-0.15, -0.1) is 0 Å². The molecule has 4 N–H and O–H groups in total. The molecular formula is C24H14F6N4O3. The average molecular weight is 520 g/mol. The number of aromatic amines is 1. The van der Waals surface area contributed by atoms with Crippen LogP contribution in [0.2, 0.25) is 0 Å². The summed E-state index contributed by atoms with van der Waals surface area (Å²) in [7, 11) is 0. The number of carbonyl (C=O) groups is 2. The number of halogens is 6. The van der Waals surface area contributed by atoms with E-state index >= 15 is 4.39 Å². The molecule has 0 saturated heterocycles. The van der Waals surface area contributed by atoms with E-state index in [1.807, 2.05) is 0 Å². The maximum atomic E-state index is 15.1. The lowest BCUT2D eigenvalue weighted by molar-refractivity contribution is -0.140. The highest BCUT2D eigenvalue weighted by Gasteiger charge is 2.37. The number of rotatable bonds is 6. The van der Waals surface area contributed by atoms with Crippen LogP contribution >= 0.6 is 0 Å². The number of nitrogens with one attached hydrogen (secondary N) is 2. The number of amides is 2. The van der Waals surface area contributed by atoms with Gasteiger partial charge in [-0.3, -0.25) is 14.7 Å². The van der Waals surface area contributed by atoms with Gasteiger partial charge in [0.25, 0.3) is 11.8 Å². The number of H-pyrrole nitrogens is 1. The molecule has 2 amide bonds. The number of alkyl halides is 3. The topological polar surface area (TPSA) is 110 Å². The fraction of sp³-hybridized carbons (Fsp3) is 0.0417. The fourth-order valence-corrected chi connectivity index (χ4v) is 3.39. The van der Waals surface area contributed by atoms with E-state index in [1.165, 1.54) is 12.3 Å². The Balaban J connectivity index is 1.80. The van der Waals surface area contributed by atoms with E-state index in [1.54, 1.807) is 0 Å². The molecule has 0 aliphatic carbocycles. The second kappa shape index (κ2) is 9.68. The van der Waals surface area contributed by atoms with Crippen LogP contribution in [0.5, 0.6) is 11.5 Å². The lowest BCUT2D eigenvalue weighted by Gasteiger charge is -2.17. The van der Waals surface area contributed by atoms with Crippen LogP contribution in [0.3, 0.4) is 0 Å². The molecule has 0 aliphatic heterocycles. The van der Waals surface area contributed by atoms with E-state index in [4.69, 9.17) is 10.5 Å². The van der Waals surface area contributed by atoms with Gasteiger partial charge in [-0.05, 0) is 54.6 Å². The Kier molecular flexibility index (Phi) is 6.62. The molecule has 3 aromatic carbocycles. The quantitative estimate of drug-likeness (QED) is 0.285. The number of hydrogen-bond acceptors (Lipinski definition) is 4. The Morgan fingerprint density at radius 3 is 2.32 bits per heavy atom. The minimum atomic E-state index is -5.16. The Morgan fingerprint density at radius 2 is 1.68 bits per heavy atom. The Bertz CT molecular complexity index is 1500. The highest BCUT2D eigenvalue weighted by molar-refractivity contribution is 6.07. The van der Waals surface area contributed by atoms with Gasteiger partial charge in [0.05, 0.1) is 16.8 Å². The Morgan fingerprint density at radius 1 is 0.946 bits per heavy atom. The maximum Gasteiger partial charge on any atom is 0.419 e. The van der Waals surface area contributed by atoms with Gasteiger partial charge >= 0.3 is 6.18 Å².